The summed E-state index contributed by atoms with van der Waals surface area (Å²) in [5.74, 6) is 0. The summed E-state index contributed by atoms with van der Waals surface area (Å²) in [5, 5.41) is 0. The van der Waals surface area contributed by atoms with Crippen molar-refractivity contribution in [2.75, 3.05) is 5.73 Å². The summed E-state index contributed by atoms with van der Waals surface area (Å²) in [5.41, 5.74) is 15.0. The third kappa shape index (κ3) is 2.14. The molecule has 1 aromatic carbocycles. The van der Waals surface area contributed by atoms with Crippen LogP contribution in [0.2, 0.25) is 0 Å². The molecule has 3 heteroatoms. The van der Waals surface area contributed by atoms with Crippen LogP contribution in [0.4, 0.5) is 5.69 Å². The minimum atomic E-state index is 0.532. The highest BCUT2D eigenvalue weighted by Gasteiger charge is 1.99. The van der Waals surface area contributed by atoms with Crippen LogP contribution in [0, 0.1) is 0 Å². The van der Waals surface area contributed by atoms with Gasteiger partial charge >= 0.3 is 0 Å². The minimum Gasteiger partial charge on any atom is -0.399 e. The summed E-state index contributed by atoms with van der Waals surface area (Å²) in [7, 11) is 0. The minimum absolute atomic E-state index is 0.532. The second kappa shape index (κ2) is 4.11. The number of benzene rings is 1. The van der Waals surface area contributed by atoms with Gasteiger partial charge in [-0.05, 0) is 29.8 Å². The zero-order chi connectivity index (χ0) is 10.7. The molecule has 0 amide bonds. The standard InChI is InChI=1S/C12H13N3/c13-8-9-5-6-15-12(7-9)10-1-3-11(14)4-2-10/h1-7H,8,13-14H2. The highest BCUT2D eigenvalue weighted by molar-refractivity contribution is 5.62. The Morgan fingerprint density at radius 3 is 2.47 bits per heavy atom. The van der Waals surface area contributed by atoms with E-state index < -0.39 is 0 Å². The van der Waals surface area contributed by atoms with Crippen LogP contribution in [-0.2, 0) is 6.54 Å². The molecule has 0 spiro atoms. The monoisotopic (exact) mass is 199 g/mol. The van der Waals surface area contributed by atoms with Crippen LogP contribution >= 0.6 is 0 Å². The molecule has 0 aliphatic heterocycles. The van der Waals surface area contributed by atoms with Gasteiger partial charge in [-0.1, -0.05) is 12.1 Å². The van der Waals surface area contributed by atoms with E-state index in [4.69, 9.17) is 11.5 Å². The van der Waals surface area contributed by atoms with Gasteiger partial charge < -0.3 is 11.5 Å². The van der Waals surface area contributed by atoms with Gasteiger partial charge in [0.05, 0.1) is 5.69 Å². The summed E-state index contributed by atoms with van der Waals surface area (Å²) in [6.45, 7) is 0.532. The molecule has 1 aromatic heterocycles. The van der Waals surface area contributed by atoms with Crippen molar-refractivity contribution in [1.82, 2.24) is 4.98 Å². The number of hydrogen-bond acceptors (Lipinski definition) is 3. The van der Waals surface area contributed by atoms with Crippen molar-refractivity contribution in [3.63, 3.8) is 0 Å². The maximum Gasteiger partial charge on any atom is 0.0705 e. The van der Waals surface area contributed by atoms with E-state index in [2.05, 4.69) is 4.98 Å². The Labute approximate surface area is 88.8 Å². The van der Waals surface area contributed by atoms with Gasteiger partial charge in [0.15, 0.2) is 0 Å². The van der Waals surface area contributed by atoms with Gasteiger partial charge in [0.1, 0.15) is 0 Å². The van der Waals surface area contributed by atoms with Crippen molar-refractivity contribution in [3.8, 4) is 11.3 Å². The molecule has 4 N–H and O–H groups in total. The smallest absolute Gasteiger partial charge is 0.0705 e. The molecule has 0 aliphatic rings. The Balaban J connectivity index is 2.40. The molecule has 0 saturated carbocycles. The van der Waals surface area contributed by atoms with E-state index in [1.807, 2.05) is 36.4 Å². The summed E-state index contributed by atoms with van der Waals surface area (Å²) in [6, 6.07) is 11.6. The normalized spacial score (nSPS) is 10.2. The van der Waals surface area contributed by atoms with Crippen LogP contribution in [0.1, 0.15) is 5.56 Å². The van der Waals surface area contributed by atoms with Gasteiger partial charge in [0.25, 0.3) is 0 Å². The number of nitrogens with two attached hydrogens (primary N) is 2. The first-order chi connectivity index (χ1) is 7.29. The van der Waals surface area contributed by atoms with Crippen LogP contribution in [0.15, 0.2) is 42.6 Å². The first-order valence-corrected chi connectivity index (χ1v) is 4.80. The van der Waals surface area contributed by atoms with Crippen LogP contribution < -0.4 is 11.5 Å². The fourth-order valence-electron chi connectivity index (χ4n) is 1.41. The van der Waals surface area contributed by atoms with Crippen molar-refractivity contribution < 1.29 is 0 Å². The number of pyridine rings is 1. The Kier molecular flexibility index (Phi) is 2.65. The van der Waals surface area contributed by atoms with Gasteiger partial charge in [-0.25, -0.2) is 0 Å². The molecule has 0 bridgehead atoms. The average molecular weight is 199 g/mol. The Morgan fingerprint density at radius 1 is 1.07 bits per heavy atom. The first-order valence-electron chi connectivity index (χ1n) is 4.80. The lowest BCUT2D eigenvalue weighted by molar-refractivity contribution is 1.06. The molecule has 0 aliphatic carbocycles. The maximum atomic E-state index is 5.62. The highest BCUT2D eigenvalue weighted by atomic mass is 14.7. The SMILES string of the molecule is NCc1ccnc(-c2ccc(N)cc2)c1. The summed E-state index contributed by atoms with van der Waals surface area (Å²) >= 11 is 0. The summed E-state index contributed by atoms with van der Waals surface area (Å²) in [6.07, 6.45) is 1.77. The lowest BCUT2D eigenvalue weighted by Gasteiger charge is -2.03. The predicted octanol–water partition coefficient (Wildman–Crippen LogP) is 1.79. The fraction of sp³-hybridized carbons (Fsp3) is 0.0833. The molecule has 0 fully saturated rings. The third-order valence-corrected chi connectivity index (χ3v) is 2.27. The summed E-state index contributed by atoms with van der Waals surface area (Å²) in [4.78, 5) is 4.29. The zero-order valence-corrected chi connectivity index (χ0v) is 8.35. The molecular weight excluding hydrogens is 186 g/mol. The van der Waals surface area contributed by atoms with Gasteiger partial charge in [0.2, 0.25) is 0 Å². The van der Waals surface area contributed by atoms with Crippen molar-refractivity contribution >= 4 is 5.69 Å². The van der Waals surface area contributed by atoms with Crippen molar-refractivity contribution in [1.29, 1.82) is 0 Å². The molecule has 2 aromatic rings. The van der Waals surface area contributed by atoms with Gasteiger partial charge in [-0.3, -0.25) is 4.98 Å². The lowest BCUT2D eigenvalue weighted by atomic mass is 10.1. The number of hydrogen-bond donors (Lipinski definition) is 2. The molecule has 0 atom stereocenters. The maximum absolute atomic E-state index is 5.62. The average Bonchev–Trinajstić information content (AvgIpc) is 2.30. The molecule has 1 heterocycles. The molecule has 76 valence electrons. The molecule has 0 saturated heterocycles. The van der Waals surface area contributed by atoms with E-state index in [1.165, 1.54) is 0 Å². The van der Waals surface area contributed by atoms with E-state index in [0.29, 0.717) is 6.54 Å². The van der Waals surface area contributed by atoms with Gasteiger partial charge in [0, 0.05) is 24.0 Å². The zero-order valence-electron chi connectivity index (χ0n) is 8.35. The van der Waals surface area contributed by atoms with Crippen molar-refractivity contribution in [3.05, 3.63) is 48.2 Å². The van der Waals surface area contributed by atoms with E-state index in [1.54, 1.807) is 6.20 Å². The van der Waals surface area contributed by atoms with E-state index in [-0.39, 0.29) is 0 Å². The number of anilines is 1. The first kappa shape index (κ1) is 9.68. The number of nitrogen functional groups attached to an aromatic ring is 1. The van der Waals surface area contributed by atoms with Crippen LogP contribution in [-0.4, -0.2) is 4.98 Å². The van der Waals surface area contributed by atoms with Gasteiger partial charge in [-0.15, -0.1) is 0 Å². The quantitative estimate of drug-likeness (QED) is 0.725. The topological polar surface area (TPSA) is 64.9 Å². The third-order valence-electron chi connectivity index (χ3n) is 2.27. The number of aromatic nitrogens is 1. The van der Waals surface area contributed by atoms with Crippen LogP contribution in [0.5, 0.6) is 0 Å². The lowest BCUT2D eigenvalue weighted by Crippen LogP contribution is -1.97. The second-order valence-electron chi connectivity index (χ2n) is 3.38. The van der Waals surface area contributed by atoms with Crippen molar-refractivity contribution in [2.45, 2.75) is 6.54 Å². The van der Waals surface area contributed by atoms with E-state index in [0.717, 1.165) is 22.5 Å². The highest BCUT2D eigenvalue weighted by Crippen LogP contribution is 2.18. The molecule has 0 radical (unpaired) electrons. The molecular formula is C12H13N3. The molecule has 3 nitrogen and oxygen atoms in total. The number of nitrogens with zero attached hydrogens (tertiary/aromatic N) is 1. The van der Waals surface area contributed by atoms with Crippen LogP contribution in [0.3, 0.4) is 0 Å². The molecule has 0 unspecified atom stereocenters. The van der Waals surface area contributed by atoms with Crippen LogP contribution in [0.25, 0.3) is 11.3 Å². The fourth-order valence-corrected chi connectivity index (χ4v) is 1.41. The number of rotatable bonds is 2. The Morgan fingerprint density at radius 2 is 1.80 bits per heavy atom. The summed E-state index contributed by atoms with van der Waals surface area (Å²) < 4.78 is 0. The van der Waals surface area contributed by atoms with E-state index >= 15 is 0 Å². The Hall–Kier alpha value is -1.87. The van der Waals surface area contributed by atoms with E-state index in [9.17, 15) is 0 Å². The predicted molar refractivity (Wildman–Crippen MR) is 62.0 cm³/mol. The second-order valence-corrected chi connectivity index (χ2v) is 3.38. The van der Waals surface area contributed by atoms with Crippen molar-refractivity contribution in [2.24, 2.45) is 5.73 Å². The molecule has 2 rings (SSSR count). The molecule has 15 heavy (non-hydrogen) atoms. The largest absolute Gasteiger partial charge is 0.399 e. The van der Waals surface area contributed by atoms with Gasteiger partial charge in [-0.2, -0.15) is 0 Å². The Bertz CT molecular complexity index is 449.